The maximum absolute atomic E-state index is 13.1. The van der Waals surface area contributed by atoms with Gasteiger partial charge in [0.25, 0.3) is 0 Å². The summed E-state index contributed by atoms with van der Waals surface area (Å²) in [5.41, 5.74) is 3.39. The van der Waals surface area contributed by atoms with E-state index in [1.54, 1.807) is 30.0 Å². The van der Waals surface area contributed by atoms with Crippen molar-refractivity contribution in [3.8, 4) is 11.5 Å². The molecule has 0 spiro atoms. The number of halogens is 2. The van der Waals surface area contributed by atoms with Gasteiger partial charge in [-0.2, -0.15) is 10.1 Å². The summed E-state index contributed by atoms with van der Waals surface area (Å²) >= 11 is 12.1. The smallest absolute Gasteiger partial charge is 0.338 e. The molecule has 0 fully saturated rings. The standard InChI is InChI=1S/C27H22Cl2N4O4/c1-35-22-13-18(9-11-21(22)37-14-16-8-10-19(28)20(29)12-16)25-23(26(34)36-2)24(17-6-4-3-5-7-17)32-27-30-15-31-33(25)27/h3-13,15,25H,14H2,1-2H3,(H,30,31,32)/t25-/m1/s1. The van der Waals surface area contributed by atoms with Crippen molar-refractivity contribution in [3.63, 3.8) is 0 Å². The SMILES string of the molecule is COC(=O)C1=C(c2ccccc2)Nc2ncnn2[C@@H]1c1ccc(OCc2ccc(Cl)c(Cl)c2)c(OC)c1. The number of carbonyl (C=O) groups excluding carboxylic acids is 1. The summed E-state index contributed by atoms with van der Waals surface area (Å²) in [5, 5.41) is 8.55. The van der Waals surface area contributed by atoms with Gasteiger partial charge < -0.3 is 19.5 Å². The largest absolute Gasteiger partial charge is 0.493 e. The Balaban J connectivity index is 1.55. The molecular formula is C27H22Cl2N4O4. The summed E-state index contributed by atoms with van der Waals surface area (Å²) in [6, 6.07) is 19.7. The molecule has 10 heteroatoms. The topological polar surface area (TPSA) is 87.5 Å². The lowest BCUT2D eigenvalue weighted by Gasteiger charge is -2.29. The Bertz CT molecular complexity index is 1490. The van der Waals surface area contributed by atoms with Crippen LogP contribution in [0.1, 0.15) is 22.7 Å². The first-order valence-electron chi connectivity index (χ1n) is 11.3. The van der Waals surface area contributed by atoms with Gasteiger partial charge in [0.2, 0.25) is 5.95 Å². The molecule has 0 unspecified atom stereocenters. The first-order valence-corrected chi connectivity index (χ1v) is 12.0. The predicted molar refractivity (Wildman–Crippen MR) is 141 cm³/mol. The number of hydrogen-bond donors (Lipinski definition) is 1. The lowest BCUT2D eigenvalue weighted by atomic mass is 9.92. The molecular weight excluding hydrogens is 515 g/mol. The van der Waals surface area contributed by atoms with Crippen molar-refractivity contribution in [1.29, 1.82) is 0 Å². The molecule has 1 aliphatic rings. The molecule has 1 N–H and O–H groups in total. The molecule has 2 heterocycles. The highest BCUT2D eigenvalue weighted by atomic mass is 35.5. The fraction of sp³-hybridized carbons (Fsp3) is 0.148. The van der Waals surface area contributed by atoms with Gasteiger partial charge in [-0.05, 0) is 41.0 Å². The van der Waals surface area contributed by atoms with Crippen molar-refractivity contribution in [2.45, 2.75) is 12.6 Å². The molecule has 3 aromatic carbocycles. The number of benzene rings is 3. The van der Waals surface area contributed by atoms with Crippen LogP contribution in [0.15, 0.2) is 78.6 Å². The van der Waals surface area contributed by atoms with E-state index in [0.717, 1.165) is 16.7 Å². The van der Waals surface area contributed by atoms with E-state index in [-0.39, 0.29) is 6.61 Å². The summed E-state index contributed by atoms with van der Waals surface area (Å²) < 4.78 is 18.5. The second-order valence-electron chi connectivity index (χ2n) is 8.15. The Kier molecular flexibility index (Phi) is 7.03. The number of rotatable bonds is 7. The highest BCUT2D eigenvalue weighted by Crippen LogP contribution is 2.41. The lowest BCUT2D eigenvalue weighted by molar-refractivity contribution is -0.136. The summed E-state index contributed by atoms with van der Waals surface area (Å²) in [6.07, 6.45) is 1.43. The van der Waals surface area contributed by atoms with E-state index in [4.69, 9.17) is 37.4 Å². The van der Waals surface area contributed by atoms with Gasteiger partial charge in [0.15, 0.2) is 11.5 Å². The van der Waals surface area contributed by atoms with Gasteiger partial charge in [0.1, 0.15) is 19.0 Å². The Morgan fingerprint density at radius 3 is 2.54 bits per heavy atom. The summed E-state index contributed by atoms with van der Waals surface area (Å²) in [6.45, 7) is 0.263. The molecule has 37 heavy (non-hydrogen) atoms. The summed E-state index contributed by atoms with van der Waals surface area (Å²) in [5.74, 6) is 1.02. The molecule has 0 saturated heterocycles. The molecule has 0 bridgehead atoms. The van der Waals surface area contributed by atoms with Crippen molar-refractivity contribution in [2.24, 2.45) is 0 Å². The van der Waals surface area contributed by atoms with Crippen LogP contribution in [-0.2, 0) is 16.1 Å². The fourth-order valence-corrected chi connectivity index (χ4v) is 4.52. The van der Waals surface area contributed by atoms with E-state index in [9.17, 15) is 4.79 Å². The average molecular weight is 537 g/mol. The zero-order chi connectivity index (χ0) is 25.9. The van der Waals surface area contributed by atoms with E-state index in [1.165, 1.54) is 13.4 Å². The number of hydrogen-bond acceptors (Lipinski definition) is 7. The highest BCUT2D eigenvalue weighted by molar-refractivity contribution is 6.42. The van der Waals surface area contributed by atoms with Crippen LogP contribution in [0.2, 0.25) is 10.0 Å². The normalized spacial score (nSPS) is 14.5. The number of anilines is 1. The number of fused-ring (bicyclic) bond motifs is 1. The van der Waals surface area contributed by atoms with Crippen molar-refractivity contribution < 1.29 is 19.0 Å². The average Bonchev–Trinajstić information content (AvgIpc) is 3.41. The van der Waals surface area contributed by atoms with Gasteiger partial charge in [-0.3, -0.25) is 0 Å². The zero-order valence-electron chi connectivity index (χ0n) is 19.9. The maximum Gasteiger partial charge on any atom is 0.338 e. The van der Waals surface area contributed by atoms with E-state index >= 15 is 0 Å². The van der Waals surface area contributed by atoms with E-state index in [1.807, 2.05) is 48.5 Å². The molecule has 5 rings (SSSR count). The number of methoxy groups -OCH3 is 2. The molecule has 1 aliphatic heterocycles. The third-order valence-corrected chi connectivity index (χ3v) is 6.69. The number of nitrogens with one attached hydrogen (secondary N) is 1. The van der Waals surface area contributed by atoms with Crippen LogP contribution < -0.4 is 14.8 Å². The number of nitrogens with zero attached hydrogens (tertiary/aromatic N) is 3. The van der Waals surface area contributed by atoms with E-state index < -0.39 is 12.0 Å². The Morgan fingerprint density at radius 2 is 1.81 bits per heavy atom. The number of aromatic nitrogens is 3. The number of ether oxygens (including phenoxy) is 3. The first kappa shape index (κ1) is 24.7. The molecule has 8 nitrogen and oxygen atoms in total. The van der Waals surface area contributed by atoms with Crippen LogP contribution in [0.25, 0.3) is 5.70 Å². The molecule has 0 aliphatic carbocycles. The van der Waals surface area contributed by atoms with Crippen molar-refractivity contribution >= 4 is 40.8 Å². The van der Waals surface area contributed by atoms with E-state index in [0.29, 0.717) is 38.8 Å². The van der Waals surface area contributed by atoms with E-state index in [2.05, 4.69) is 15.4 Å². The van der Waals surface area contributed by atoms with Crippen molar-refractivity contribution in [3.05, 3.63) is 105 Å². The second-order valence-corrected chi connectivity index (χ2v) is 8.96. The first-order chi connectivity index (χ1) is 18.0. The second kappa shape index (κ2) is 10.5. The number of carbonyl (C=O) groups is 1. The Labute approximate surface area is 223 Å². The Morgan fingerprint density at radius 1 is 1.00 bits per heavy atom. The summed E-state index contributed by atoms with van der Waals surface area (Å²) in [7, 11) is 2.91. The Hall–Kier alpha value is -4.01. The minimum atomic E-state index is -0.626. The van der Waals surface area contributed by atoms with Crippen molar-refractivity contribution in [2.75, 3.05) is 19.5 Å². The van der Waals surface area contributed by atoms with Crippen molar-refractivity contribution in [1.82, 2.24) is 14.8 Å². The minimum Gasteiger partial charge on any atom is -0.493 e. The molecule has 0 saturated carbocycles. The van der Waals surface area contributed by atoms with Gasteiger partial charge in [-0.15, -0.1) is 0 Å². The third kappa shape index (κ3) is 4.85. The molecule has 4 aromatic rings. The van der Waals surface area contributed by atoms with Crippen LogP contribution in [0.4, 0.5) is 5.95 Å². The zero-order valence-corrected chi connectivity index (χ0v) is 21.5. The van der Waals surface area contributed by atoms with Gasteiger partial charge in [0, 0.05) is 0 Å². The quantitative estimate of drug-likeness (QED) is 0.300. The third-order valence-electron chi connectivity index (χ3n) is 5.95. The van der Waals surface area contributed by atoms with Crippen LogP contribution >= 0.6 is 23.2 Å². The highest BCUT2D eigenvalue weighted by Gasteiger charge is 2.36. The maximum atomic E-state index is 13.1. The molecule has 0 amide bonds. The minimum absolute atomic E-state index is 0.263. The predicted octanol–water partition coefficient (Wildman–Crippen LogP) is 5.77. The van der Waals surface area contributed by atoms with Crippen LogP contribution in [0, 0.1) is 0 Å². The molecule has 0 radical (unpaired) electrons. The van der Waals surface area contributed by atoms with Gasteiger partial charge in [-0.25, -0.2) is 9.48 Å². The monoisotopic (exact) mass is 536 g/mol. The molecule has 1 aromatic heterocycles. The van der Waals surface area contributed by atoms with Crippen LogP contribution in [-0.4, -0.2) is 35.0 Å². The van der Waals surface area contributed by atoms with Crippen LogP contribution in [0.5, 0.6) is 11.5 Å². The fourth-order valence-electron chi connectivity index (χ4n) is 4.19. The lowest BCUT2D eigenvalue weighted by Crippen LogP contribution is -2.29. The van der Waals surface area contributed by atoms with Gasteiger partial charge >= 0.3 is 5.97 Å². The van der Waals surface area contributed by atoms with Gasteiger partial charge in [-0.1, -0.05) is 65.7 Å². The van der Waals surface area contributed by atoms with Crippen LogP contribution in [0.3, 0.4) is 0 Å². The molecule has 1 atom stereocenters. The van der Waals surface area contributed by atoms with Gasteiger partial charge in [0.05, 0.1) is 35.5 Å². The molecule has 188 valence electrons. The summed E-state index contributed by atoms with van der Waals surface area (Å²) in [4.78, 5) is 17.5. The number of esters is 1.